The maximum atomic E-state index is 11.7. The summed E-state index contributed by atoms with van der Waals surface area (Å²) in [4.78, 5) is 15.8. The predicted octanol–water partition coefficient (Wildman–Crippen LogP) is 4.59. The molecule has 0 aliphatic rings. The van der Waals surface area contributed by atoms with Gasteiger partial charge in [0, 0.05) is 8.95 Å². The van der Waals surface area contributed by atoms with Gasteiger partial charge in [0.1, 0.15) is 5.00 Å². The molecule has 19 heavy (non-hydrogen) atoms. The molecule has 0 aliphatic heterocycles. The summed E-state index contributed by atoms with van der Waals surface area (Å²) in [6.07, 6.45) is 0. The third kappa shape index (κ3) is 3.55. The minimum Gasteiger partial charge on any atom is -0.461 e. The van der Waals surface area contributed by atoms with E-state index in [1.807, 2.05) is 18.2 Å². The van der Waals surface area contributed by atoms with Crippen molar-refractivity contribution >= 4 is 59.9 Å². The van der Waals surface area contributed by atoms with Crippen LogP contribution in [-0.2, 0) is 4.74 Å². The molecule has 0 bridgehead atoms. The van der Waals surface area contributed by atoms with Crippen molar-refractivity contribution in [3.63, 3.8) is 0 Å². The normalized spacial score (nSPS) is 10.3. The molecule has 0 fully saturated rings. The lowest BCUT2D eigenvalue weighted by Crippen LogP contribution is -2.07. The molecule has 0 radical (unpaired) electrons. The highest BCUT2D eigenvalue weighted by atomic mass is 79.9. The van der Waals surface area contributed by atoms with E-state index in [0.717, 1.165) is 14.6 Å². The van der Waals surface area contributed by atoms with Crippen LogP contribution < -0.4 is 5.32 Å². The van der Waals surface area contributed by atoms with Gasteiger partial charge in [0.05, 0.1) is 17.8 Å². The van der Waals surface area contributed by atoms with E-state index in [1.54, 1.807) is 12.4 Å². The lowest BCUT2D eigenvalue weighted by atomic mass is 10.3. The third-order valence-corrected chi connectivity index (χ3v) is 4.11. The Hall–Kier alpha value is -0.920. The quantitative estimate of drug-likeness (QED) is 0.755. The van der Waals surface area contributed by atoms with Gasteiger partial charge in [-0.15, -0.1) is 11.3 Å². The summed E-state index contributed by atoms with van der Waals surface area (Å²) in [6, 6.07) is 5.74. The van der Waals surface area contributed by atoms with E-state index < -0.39 is 5.97 Å². The fourth-order valence-corrected chi connectivity index (χ4v) is 3.22. The van der Waals surface area contributed by atoms with Gasteiger partial charge < -0.3 is 10.1 Å². The number of hydrogen-bond donors (Lipinski definition) is 1. The number of carbonyl (C=O) groups is 1. The SMILES string of the molecule is CCOC(=O)c1ncsc1Nc1ccc(Br)cc1Br. The molecule has 2 rings (SSSR count). The molecule has 0 saturated carbocycles. The number of esters is 1. The van der Waals surface area contributed by atoms with Crippen LogP contribution >= 0.6 is 43.2 Å². The highest BCUT2D eigenvalue weighted by Crippen LogP contribution is 2.31. The zero-order chi connectivity index (χ0) is 13.8. The number of rotatable bonds is 4. The summed E-state index contributed by atoms with van der Waals surface area (Å²) in [7, 11) is 0. The second-order valence-electron chi connectivity index (χ2n) is 3.50. The predicted molar refractivity (Wildman–Crippen MR) is 83.2 cm³/mol. The van der Waals surface area contributed by atoms with Gasteiger partial charge in [0.25, 0.3) is 0 Å². The second kappa shape index (κ2) is 6.49. The molecule has 0 spiro atoms. The standard InChI is InChI=1S/C12H10Br2N2O2S/c1-2-18-12(17)10-11(19-6-15-10)16-9-4-3-7(13)5-8(9)14/h3-6,16H,2H2,1H3. The molecule has 2 aromatic rings. The van der Waals surface area contributed by atoms with Crippen LogP contribution in [0.1, 0.15) is 17.4 Å². The van der Waals surface area contributed by atoms with Gasteiger partial charge in [-0.2, -0.15) is 0 Å². The van der Waals surface area contributed by atoms with E-state index in [4.69, 9.17) is 4.74 Å². The Morgan fingerprint density at radius 1 is 1.47 bits per heavy atom. The molecule has 0 saturated heterocycles. The number of carbonyl (C=O) groups excluding carboxylic acids is 1. The van der Waals surface area contributed by atoms with Gasteiger partial charge in [0.2, 0.25) is 0 Å². The molecule has 0 amide bonds. The molecule has 0 aliphatic carbocycles. The number of aromatic nitrogens is 1. The van der Waals surface area contributed by atoms with Gasteiger partial charge >= 0.3 is 5.97 Å². The largest absolute Gasteiger partial charge is 0.461 e. The molecule has 4 nitrogen and oxygen atoms in total. The molecule has 1 heterocycles. The fourth-order valence-electron chi connectivity index (χ4n) is 1.39. The Labute approximate surface area is 131 Å². The highest BCUT2D eigenvalue weighted by molar-refractivity contribution is 9.11. The zero-order valence-electron chi connectivity index (χ0n) is 9.94. The lowest BCUT2D eigenvalue weighted by molar-refractivity contribution is 0.0521. The van der Waals surface area contributed by atoms with Crippen molar-refractivity contribution in [3.05, 3.63) is 38.3 Å². The van der Waals surface area contributed by atoms with Crippen molar-refractivity contribution in [2.45, 2.75) is 6.92 Å². The zero-order valence-corrected chi connectivity index (χ0v) is 13.9. The van der Waals surface area contributed by atoms with Crippen molar-refractivity contribution in [2.75, 3.05) is 11.9 Å². The number of nitrogens with zero attached hydrogens (tertiary/aromatic N) is 1. The van der Waals surface area contributed by atoms with Crippen molar-refractivity contribution in [1.82, 2.24) is 4.98 Å². The lowest BCUT2D eigenvalue weighted by Gasteiger charge is -2.08. The topological polar surface area (TPSA) is 51.2 Å². The average molecular weight is 406 g/mol. The van der Waals surface area contributed by atoms with Crippen LogP contribution in [0.5, 0.6) is 0 Å². The molecule has 0 atom stereocenters. The first-order valence-corrected chi connectivity index (χ1v) is 7.91. The summed E-state index contributed by atoms with van der Waals surface area (Å²) >= 11 is 8.21. The van der Waals surface area contributed by atoms with Gasteiger partial charge in [-0.25, -0.2) is 9.78 Å². The van der Waals surface area contributed by atoms with Gasteiger partial charge in [-0.05, 0) is 41.1 Å². The minimum absolute atomic E-state index is 0.307. The molecule has 0 unspecified atom stereocenters. The Morgan fingerprint density at radius 2 is 2.26 bits per heavy atom. The number of hydrogen-bond acceptors (Lipinski definition) is 5. The van der Waals surface area contributed by atoms with Crippen LogP contribution in [0.25, 0.3) is 0 Å². The van der Waals surface area contributed by atoms with Crippen LogP contribution in [0.3, 0.4) is 0 Å². The van der Waals surface area contributed by atoms with E-state index in [0.29, 0.717) is 17.3 Å². The van der Waals surface area contributed by atoms with E-state index in [-0.39, 0.29) is 0 Å². The number of ether oxygens (including phenoxy) is 1. The summed E-state index contributed by atoms with van der Waals surface area (Å²) in [5.74, 6) is -0.417. The minimum atomic E-state index is -0.417. The molecule has 1 aromatic carbocycles. The number of benzene rings is 1. The van der Waals surface area contributed by atoms with Gasteiger partial charge in [-0.1, -0.05) is 15.9 Å². The number of thiazole rings is 1. The maximum absolute atomic E-state index is 11.7. The van der Waals surface area contributed by atoms with Crippen molar-refractivity contribution in [2.24, 2.45) is 0 Å². The first kappa shape index (κ1) is 14.5. The summed E-state index contributed by atoms with van der Waals surface area (Å²) in [6.45, 7) is 2.10. The fraction of sp³-hybridized carbons (Fsp3) is 0.167. The van der Waals surface area contributed by atoms with Gasteiger partial charge in [-0.3, -0.25) is 0 Å². The summed E-state index contributed by atoms with van der Waals surface area (Å²) in [5, 5.41) is 3.84. The Morgan fingerprint density at radius 3 is 2.95 bits per heavy atom. The molecule has 7 heteroatoms. The van der Waals surface area contributed by atoms with E-state index >= 15 is 0 Å². The number of anilines is 2. The molecule has 1 aromatic heterocycles. The van der Waals surface area contributed by atoms with Gasteiger partial charge in [0.15, 0.2) is 5.69 Å². The van der Waals surface area contributed by atoms with Crippen LogP contribution in [0.2, 0.25) is 0 Å². The van der Waals surface area contributed by atoms with Crippen LogP contribution in [0, 0.1) is 0 Å². The van der Waals surface area contributed by atoms with Crippen molar-refractivity contribution < 1.29 is 9.53 Å². The Kier molecular flexibility index (Phi) is 4.95. The first-order chi connectivity index (χ1) is 9.11. The smallest absolute Gasteiger partial charge is 0.360 e. The van der Waals surface area contributed by atoms with Crippen molar-refractivity contribution in [1.29, 1.82) is 0 Å². The molecular formula is C12H10Br2N2O2S. The first-order valence-electron chi connectivity index (χ1n) is 5.44. The van der Waals surface area contributed by atoms with E-state index in [1.165, 1.54) is 11.3 Å². The monoisotopic (exact) mass is 404 g/mol. The maximum Gasteiger partial charge on any atom is 0.360 e. The highest BCUT2D eigenvalue weighted by Gasteiger charge is 2.16. The van der Waals surface area contributed by atoms with Crippen molar-refractivity contribution in [3.8, 4) is 0 Å². The average Bonchev–Trinajstić information content (AvgIpc) is 2.81. The van der Waals surface area contributed by atoms with Crippen LogP contribution in [0.4, 0.5) is 10.7 Å². The second-order valence-corrected chi connectivity index (χ2v) is 6.12. The third-order valence-electron chi connectivity index (χ3n) is 2.22. The number of halogens is 2. The summed E-state index contributed by atoms with van der Waals surface area (Å²) < 4.78 is 6.83. The van der Waals surface area contributed by atoms with E-state index in [2.05, 4.69) is 42.2 Å². The molecular weight excluding hydrogens is 396 g/mol. The molecule has 100 valence electrons. The van der Waals surface area contributed by atoms with E-state index in [9.17, 15) is 4.79 Å². The number of nitrogens with one attached hydrogen (secondary N) is 1. The Bertz CT molecular complexity index is 601. The van der Waals surface area contributed by atoms with Crippen LogP contribution in [0.15, 0.2) is 32.7 Å². The Balaban J connectivity index is 2.24. The van der Waals surface area contributed by atoms with Crippen LogP contribution in [-0.4, -0.2) is 17.6 Å². The summed E-state index contributed by atoms with van der Waals surface area (Å²) in [5.41, 5.74) is 2.78. The molecule has 1 N–H and O–H groups in total.